The van der Waals surface area contributed by atoms with Crippen molar-refractivity contribution in [3.8, 4) is 0 Å². The summed E-state index contributed by atoms with van der Waals surface area (Å²) >= 11 is 20.2. The Morgan fingerprint density at radius 1 is 1.00 bits per heavy atom. The fourth-order valence-corrected chi connectivity index (χ4v) is 3.67. The standard InChI is InChI=1S/C15H14Cl3NS/c1-19-13(10-5-4-7-12(17)15(10)18)9-20-14-8-3-2-6-11(14)16/h2-8,13,19H,9H2,1H3. The number of nitrogens with one attached hydrogen (secondary N) is 1. The second-order valence-corrected chi connectivity index (χ2v) is 6.48. The summed E-state index contributed by atoms with van der Waals surface area (Å²) in [6, 6.07) is 13.6. The Bertz CT molecular complexity index is 589. The predicted octanol–water partition coefficient (Wildman–Crippen LogP) is 5.70. The van der Waals surface area contributed by atoms with Crippen LogP contribution in [-0.2, 0) is 0 Å². The minimum Gasteiger partial charge on any atom is -0.312 e. The second kappa shape index (κ2) is 7.58. The first-order chi connectivity index (χ1) is 9.63. The molecule has 0 amide bonds. The average Bonchev–Trinajstić information content (AvgIpc) is 2.45. The highest BCUT2D eigenvalue weighted by Gasteiger charge is 2.15. The smallest absolute Gasteiger partial charge is 0.0640 e. The van der Waals surface area contributed by atoms with Gasteiger partial charge in [0, 0.05) is 16.7 Å². The Morgan fingerprint density at radius 2 is 1.70 bits per heavy atom. The van der Waals surface area contributed by atoms with E-state index in [2.05, 4.69) is 5.32 Å². The van der Waals surface area contributed by atoms with Crippen LogP contribution in [0.5, 0.6) is 0 Å². The summed E-state index contributed by atoms with van der Waals surface area (Å²) in [5.74, 6) is 0.820. The van der Waals surface area contributed by atoms with Crippen molar-refractivity contribution in [2.45, 2.75) is 10.9 Å². The first-order valence-electron chi connectivity index (χ1n) is 6.12. The molecule has 0 fully saturated rings. The lowest BCUT2D eigenvalue weighted by Gasteiger charge is -2.18. The molecular weight excluding hydrogens is 333 g/mol. The third kappa shape index (κ3) is 3.84. The van der Waals surface area contributed by atoms with Gasteiger partial charge in [-0.1, -0.05) is 59.1 Å². The Labute approximate surface area is 138 Å². The third-order valence-corrected chi connectivity index (χ3v) is 5.39. The van der Waals surface area contributed by atoms with Crippen LogP contribution < -0.4 is 5.32 Å². The molecule has 20 heavy (non-hydrogen) atoms. The van der Waals surface area contributed by atoms with E-state index in [9.17, 15) is 0 Å². The molecule has 106 valence electrons. The lowest BCUT2D eigenvalue weighted by atomic mass is 10.1. The van der Waals surface area contributed by atoms with Crippen LogP contribution in [0.3, 0.4) is 0 Å². The van der Waals surface area contributed by atoms with Crippen molar-refractivity contribution >= 4 is 46.6 Å². The molecule has 1 atom stereocenters. The molecule has 0 aliphatic carbocycles. The molecule has 0 radical (unpaired) electrons. The van der Waals surface area contributed by atoms with Crippen LogP contribution in [0.4, 0.5) is 0 Å². The van der Waals surface area contributed by atoms with Crippen molar-refractivity contribution in [2.75, 3.05) is 12.8 Å². The third-order valence-electron chi connectivity index (χ3n) is 2.95. The molecule has 2 aromatic rings. The van der Waals surface area contributed by atoms with E-state index in [1.807, 2.05) is 43.4 Å². The molecular formula is C15H14Cl3NS. The van der Waals surface area contributed by atoms with Gasteiger partial charge in [0.15, 0.2) is 0 Å². The SMILES string of the molecule is CNC(CSc1ccccc1Cl)c1cccc(Cl)c1Cl. The van der Waals surface area contributed by atoms with E-state index in [0.29, 0.717) is 10.0 Å². The Balaban J connectivity index is 2.14. The molecule has 0 aliphatic heterocycles. The number of rotatable bonds is 5. The predicted molar refractivity (Wildman–Crippen MR) is 90.4 cm³/mol. The van der Waals surface area contributed by atoms with Crippen LogP contribution in [0.2, 0.25) is 15.1 Å². The van der Waals surface area contributed by atoms with E-state index in [4.69, 9.17) is 34.8 Å². The lowest BCUT2D eigenvalue weighted by molar-refractivity contribution is 0.662. The summed E-state index contributed by atoms with van der Waals surface area (Å²) in [6.07, 6.45) is 0. The van der Waals surface area contributed by atoms with Crippen molar-refractivity contribution < 1.29 is 0 Å². The van der Waals surface area contributed by atoms with Gasteiger partial charge < -0.3 is 5.32 Å². The maximum absolute atomic E-state index is 6.27. The highest BCUT2D eigenvalue weighted by molar-refractivity contribution is 7.99. The van der Waals surface area contributed by atoms with Crippen molar-refractivity contribution in [1.29, 1.82) is 0 Å². The fourth-order valence-electron chi connectivity index (χ4n) is 1.85. The summed E-state index contributed by atoms with van der Waals surface area (Å²) < 4.78 is 0. The van der Waals surface area contributed by atoms with Gasteiger partial charge in [0.05, 0.1) is 15.1 Å². The second-order valence-electron chi connectivity index (χ2n) is 4.23. The molecule has 0 spiro atoms. The number of thioether (sulfide) groups is 1. The van der Waals surface area contributed by atoms with Crippen LogP contribution in [0.25, 0.3) is 0 Å². The molecule has 0 bridgehead atoms. The average molecular weight is 347 g/mol. The Morgan fingerprint density at radius 3 is 2.40 bits per heavy atom. The molecule has 1 nitrogen and oxygen atoms in total. The first-order valence-corrected chi connectivity index (χ1v) is 8.24. The maximum atomic E-state index is 6.27. The molecule has 0 saturated carbocycles. The zero-order chi connectivity index (χ0) is 14.5. The highest BCUT2D eigenvalue weighted by atomic mass is 35.5. The minimum atomic E-state index is 0.113. The molecule has 2 aromatic carbocycles. The number of hydrogen-bond acceptors (Lipinski definition) is 2. The van der Waals surface area contributed by atoms with Gasteiger partial charge in [0.1, 0.15) is 0 Å². The molecule has 0 aromatic heterocycles. The zero-order valence-corrected chi connectivity index (χ0v) is 14.0. The van der Waals surface area contributed by atoms with Crippen molar-refractivity contribution in [3.63, 3.8) is 0 Å². The van der Waals surface area contributed by atoms with Gasteiger partial charge in [-0.25, -0.2) is 0 Å². The number of hydrogen-bond donors (Lipinski definition) is 1. The van der Waals surface area contributed by atoms with Crippen molar-refractivity contribution in [2.24, 2.45) is 0 Å². The van der Waals surface area contributed by atoms with Crippen LogP contribution in [0.1, 0.15) is 11.6 Å². The number of benzene rings is 2. The maximum Gasteiger partial charge on any atom is 0.0640 e. The molecule has 5 heteroatoms. The lowest BCUT2D eigenvalue weighted by Crippen LogP contribution is -2.19. The van der Waals surface area contributed by atoms with E-state index in [-0.39, 0.29) is 6.04 Å². The van der Waals surface area contributed by atoms with Crippen LogP contribution in [-0.4, -0.2) is 12.8 Å². The molecule has 2 rings (SSSR count). The molecule has 1 N–H and O–H groups in total. The van der Waals surface area contributed by atoms with Crippen molar-refractivity contribution in [1.82, 2.24) is 5.32 Å². The van der Waals surface area contributed by atoms with Crippen LogP contribution in [0, 0.1) is 0 Å². The van der Waals surface area contributed by atoms with E-state index >= 15 is 0 Å². The summed E-state index contributed by atoms with van der Waals surface area (Å²) in [7, 11) is 1.91. The van der Waals surface area contributed by atoms with Gasteiger partial charge in [0.2, 0.25) is 0 Å². The first kappa shape index (κ1) is 16.0. The van der Waals surface area contributed by atoms with Gasteiger partial charge in [-0.3, -0.25) is 0 Å². The molecule has 0 aliphatic rings. The minimum absolute atomic E-state index is 0.113. The van der Waals surface area contributed by atoms with Crippen molar-refractivity contribution in [3.05, 3.63) is 63.1 Å². The van der Waals surface area contributed by atoms with Gasteiger partial charge in [0.25, 0.3) is 0 Å². The number of halogens is 3. The quantitative estimate of drug-likeness (QED) is 0.697. The summed E-state index contributed by atoms with van der Waals surface area (Å²) in [4.78, 5) is 1.06. The summed E-state index contributed by atoms with van der Waals surface area (Å²) in [5.41, 5.74) is 1.00. The van der Waals surface area contributed by atoms with Gasteiger partial charge in [-0.2, -0.15) is 0 Å². The summed E-state index contributed by atoms with van der Waals surface area (Å²) in [5, 5.41) is 5.22. The van der Waals surface area contributed by atoms with E-state index in [1.165, 1.54) is 0 Å². The van der Waals surface area contributed by atoms with Gasteiger partial charge in [-0.05, 0) is 30.8 Å². The molecule has 0 heterocycles. The Kier molecular flexibility index (Phi) is 6.06. The van der Waals surface area contributed by atoms with E-state index < -0.39 is 0 Å². The van der Waals surface area contributed by atoms with E-state index in [0.717, 1.165) is 21.2 Å². The Hall–Kier alpha value is -0.380. The molecule has 1 unspecified atom stereocenters. The summed E-state index contributed by atoms with van der Waals surface area (Å²) in [6.45, 7) is 0. The normalized spacial score (nSPS) is 12.4. The van der Waals surface area contributed by atoms with Gasteiger partial charge in [-0.15, -0.1) is 11.8 Å². The van der Waals surface area contributed by atoms with E-state index in [1.54, 1.807) is 17.8 Å². The van der Waals surface area contributed by atoms with Crippen LogP contribution in [0.15, 0.2) is 47.4 Å². The zero-order valence-electron chi connectivity index (χ0n) is 10.9. The largest absolute Gasteiger partial charge is 0.312 e. The fraction of sp³-hybridized carbons (Fsp3) is 0.200. The topological polar surface area (TPSA) is 12.0 Å². The van der Waals surface area contributed by atoms with Gasteiger partial charge >= 0.3 is 0 Å². The molecule has 0 saturated heterocycles. The van der Waals surface area contributed by atoms with Crippen LogP contribution >= 0.6 is 46.6 Å². The highest BCUT2D eigenvalue weighted by Crippen LogP contribution is 2.34. The monoisotopic (exact) mass is 345 g/mol.